The molecule has 0 radical (unpaired) electrons. The van der Waals surface area contributed by atoms with Crippen LogP contribution in [0, 0.1) is 6.92 Å². The summed E-state index contributed by atoms with van der Waals surface area (Å²) in [7, 11) is 0. The van der Waals surface area contributed by atoms with E-state index in [4.69, 9.17) is 0 Å². The van der Waals surface area contributed by atoms with Crippen LogP contribution in [0.2, 0.25) is 0 Å². The van der Waals surface area contributed by atoms with Crippen molar-refractivity contribution in [2.24, 2.45) is 0 Å². The van der Waals surface area contributed by atoms with Crippen molar-refractivity contribution in [3.8, 4) is 0 Å². The minimum Gasteiger partial charge on any atom is -0.322 e. The first kappa shape index (κ1) is 19.3. The second kappa shape index (κ2) is 8.17. The zero-order chi connectivity index (χ0) is 20.4. The quantitative estimate of drug-likeness (QED) is 0.739. The van der Waals surface area contributed by atoms with Crippen molar-refractivity contribution in [1.29, 1.82) is 0 Å². The van der Waals surface area contributed by atoms with Crippen LogP contribution in [0.4, 0.5) is 5.69 Å². The van der Waals surface area contributed by atoms with Gasteiger partial charge in [-0.15, -0.1) is 0 Å². The molecular formula is C23H26N4O2. The lowest BCUT2D eigenvalue weighted by Gasteiger charge is -2.33. The summed E-state index contributed by atoms with van der Waals surface area (Å²) in [5.74, 6) is -0.443. The smallest absolute Gasteiger partial charge is 0.270 e. The fraction of sp³-hybridized carbons (Fsp3) is 0.348. The maximum absolute atomic E-state index is 12.7. The molecule has 1 N–H and O–H groups in total. The average molecular weight is 390 g/mol. The predicted octanol–water partition coefficient (Wildman–Crippen LogP) is 3.63. The molecule has 6 heteroatoms. The third kappa shape index (κ3) is 4.07. The Morgan fingerprint density at radius 3 is 2.93 bits per heavy atom. The molecule has 0 unspecified atom stereocenters. The molecule has 2 aromatic heterocycles. The Morgan fingerprint density at radius 1 is 1.24 bits per heavy atom. The molecule has 0 aliphatic carbocycles. The number of amides is 1. The van der Waals surface area contributed by atoms with Gasteiger partial charge >= 0.3 is 0 Å². The van der Waals surface area contributed by atoms with Gasteiger partial charge in [0.15, 0.2) is 0 Å². The highest BCUT2D eigenvalue weighted by molar-refractivity contribution is 6.04. The summed E-state index contributed by atoms with van der Waals surface area (Å²) in [5, 5.41) is 2.86. The summed E-state index contributed by atoms with van der Waals surface area (Å²) >= 11 is 0. The number of aromatic nitrogens is 2. The second-order valence-corrected chi connectivity index (χ2v) is 7.83. The Hall–Kier alpha value is -2.99. The number of pyridine rings is 1. The Labute approximate surface area is 170 Å². The largest absolute Gasteiger partial charge is 0.322 e. The average Bonchev–Trinajstić information content (AvgIpc) is 2.71. The molecular weight excluding hydrogens is 364 g/mol. The molecule has 6 nitrogen and oxygen atoms in total. The molecule has 1 aliphatic heterocycles. The molecule has 1 saturated heterocycles. The van der Waals surface area contributed by atoms with E-state index in [0.717, 1.165) is 24.2 Å². The lowest BCUT2D eigenvalue weighted by atomic mass is 10.0. The van der Waals surface area contributed by atoms with Gasteiger partial charge in [-0.2, -0.15) is 0 Å². The molecule has 1 aliphatic rings. The maximum atomic E-state index is 12.7. The van der Waals surface area contributed by atoms with E-state index in [9.17, 15) is 9.59 Å². The van der Waals surface area contributed by atoms with Crippen LogP contribution in [0.1, 0.15) is 47.7 Å². The van der Waals surface area contributed by atoms with Gasteiger partial charge < -0.3 is 5.32 Å². The fourth-order valence-electron chi connectivity index (χ4n) is 3.98. The van der Waals surface area contributed by atoms with Gasteiger partial charge in [-0.05, 0) is 62.6 Å². The Balaban J connectivity index is 1.54. The first-order chi connectivity index (χ1) is 14.0. The molecule has 150 valence electrons. The van der Waals surface area contributed by atoms with Gasteiger partial charge in [0.2, 0.25) is 0 Å². The van der Waals surface area contributed by atoms with Crippen molar-refractivity contribution in [2.45, 2.75) is 45.7 Å². The van der Waals surface area contributed by atoms with Gasteiger partial charge in [0, 0.05) is 30.7 Å². The van der Waals surface area contributed by atoms with Crippen molar-refractivity contribution in [2.75, 3.05) is 11.9 Å². The number of rotatable bonds is 4. The van der Waals surface area contributed by atoms with Crippen molar-refractivity contribution in [1.82, 2.24) is 14.3 Å². The first-order valence-corrected chi connectivity index (χ1v) is 10.1. The zero-order valence-corrected chi connectivity index (χ0v) is 16.9. The van der Waals surface area contributed by atoms with Crippen molar-refractivity contribution in [3.05, 3.63) is 75.8 Å². The minimum absolute atomic E-state index is 0.0307. The number of hydrogen-bond acceptors (Lipinski definition) is 4. The van der Waals surface area contributed by atoms with E-state index in [1.807, 2.05) is 31.2 Å². The van der Waals surface area contributed by atoms with Crippen LogP contribution >= 0.6 is 0 Å². The van der Waals surface area contributed by atoms with Gasteiger partial charge in [-0.25, -0.2) is 4.98 Å². The molecule has 1 atom stereocenters. The molecule has 4 rings (SSSR count). The topological polar surface area (TPSA) is 66.7 Å². The van der Waals surface area contributed by atoms with Crippen LogP contribution in [-0.4, -0.2) is 32.8 Å². The SMILES string of the molecule is Cc1cccn2c(=O)c(C(=O)Nc3cccc(CN4CCCC[C@H]4C)c3)cnc12. The number of carbonyl (C=O) groups is 1. The highest BCUT2D eigenvalue weighted by Crippen LogP contribution is 2.20. The van der Waals surface area contributed by atoms with Gasteiger partial charge in [-0.1, -0.05) is 24.6 Å². The standard InChI is InChI=1S/C23H26N4O2/c1-16-7-6-12-27-21(16)24-14-20(23(27)29)22(28)25-19-10-5-9-18(13-19)15-26-11-4-3-8-17(26)2/h5-7,9-10,12-14,17H,3-4,8,11,15H2,1-2H3,(H,25,28)/t17-/m1/s1. The summed E-state index contributed by atoms with van der Waals surface area (Å²) in [6.07, 6.45) is 6.75. The number of carbonyl (C=O) groups excluding carboxylic acids is 1. The number of hydrogen-bond donors (Lipinski definition) is 1. The van der Waals surface area contributed by atoms with Crippen LogP contribution in [0.25, 0.3) is 5.65 Å². The van der Waals surface area contributed by atoms with Crippen molar-refractivity contribution in [3.63, 3.8) is 0 Å². The first-order valence-electron chi connectivity index (χ1n) is 10.1. The number of likely N-dealkylation sites (tertiary alicyclic amines) is 1. The van der Waals surface area contributed by atoms with Gasteiger partial charge in [0.05, 0.1) is 0 Å². The lowest BCUT2D eigenvalue weighted by Crippen LogP contribution is -2.36. The van der Waals surface area contributed by atoms with Gasteiger partial charge in [0.1, 0.15) is 11.2 Å². The molecule has 0 bridgehead atoms. The van der Waals surface area contributed by atoms with Gasteiger partial charge in [0.25, 0.3) is 11.5 Å². The van der Waals surface area contributed by atoms with E-state index >= 15 is 0 Å². The van der Waals surface area contributed by atoms with E-state index in [-0.39, 0.29) is 11.1 Å². The van der Waals surface area contributed by atoms with E-state index in [1.54, 1.807) is 12.3 Å². The van der Waals surface area contributed by atoms with Crippen molar-refractivity contribution >= 4 is 17.2 Å². The summed E-state index contributed by atoms with van der Waals surface area (Å²) in [4.78, 5) is 32.3. The maximum Gasteiger partial charge on any atom is 0.270 e. The summed E-state index contributed by atoms with van der Waals surface area (Å²) in [5.41, 5.74) is 2.95. The molecule has 1 fully saturated rings. The van der Waals surface area contributed by atoms with Crippen LogP contribution < -0.4 is 10.9 Å². The fourth-order valence-corrected chi connectivity index (χ4v) is 3.98. The predicted molar refractivity (Wildman–Crippen MR) is 114 cm³/mol. The Bertz CT molecular complexity index is 1110. The summed E-state index contributed by atoms with van der Waals surface area (Å²) in [6.45, 7) is 6.13. The van der Waals surface area contributed by atoms with Crippen LogP contribution in [0.3, 0.4) is 0 Å². The summed E-state index contributed by atoms with van der Waals surface area (Å²) in [6, 6.07) is 12.1. The number of aryl methyl sites for hydroxylation is 1. The van der Waals surface area contributed by atoms with Crippen molar-refractivity contribution < 1.29 is 4.79 Å². The molecule has 3 heterocycles. The van der Waals surface area contributed by atoms with E-state index in [2.05, 4.69) is 28.2 Å². The third-order valence-electron chi connectivity index (χ3n) is 5.68. The number of benzene rings is 1. The van der Waals surface area contributed by atoms with Gasteiger partial charge in [-0.3, -0.25) is 18.9 Å². The lowest BCUT2D eigenvalue weighted by molar-refractivity contribution is 0.102. The van der Waals surface area contributed by atoms with Crippen LogP contribution in [0.15, 0.2) is 53.6 Å². The van der Waals surface area contributed by atoms with Crippen LogP contribution in [0.5, 0.6) is 0 Å². The normalized spacial score (nSPS) is 17.4. The number of fused-ring (bicyclic) bond motifs is 1. The second-order valence-electron chi connectivity index (χ2n) is 7.83. The number of piperidine rings is 1. The molecule has 1 amide bonds. The number of nitrogens with zero attached hydrogens (tertiary/aromatic N) is 3. The third-order valence-corrected chi connectivity index (χ3v) is 5.68. The number of nitrogens with one attached hydrogen (secondary N) is 1. The molecule has 1 aromatic carbocycles. The monoisotopic (exact) mass is 390 g/mol. The molecule has 0 spiro atoms. The number of anilines is 1. The molecule has 3 aromatic rings. The van der Waals surface area contributed by atoms with E-state index in [1.165, 1.54) is 29.9 Å². The highest BCUT2D eigenvalue weighted by Gasteiger charge is 2.19. The minimum atomic E-state index is -0.443. The summed E-state index contributed by atoms with van der Waals surface area (Å²) < 4.78 is 1.42. The van der Waals surface area contributed by atoms with E-state index < -0.39 is 5.91 Å². The van der Waals surface area contributed by atoms with E-state index in [0.29, 0.717) is 17.4 Å². The Kier molecular flexibility index (Phi) is 5.45. The zero-order valence-electron chi connectivity index (χ0n) is 16.9. The molecule has 29 heavy (non-hydrogen) atoms. The Morgan fingerprint density at radius 2 is 2.10 bits per heavy atom. The highest BCUT2D eigenvalue weighted by atomic mass is 16.2. The molecule has 0 saturated carbocycles. The van der Waals surface area contributed by atoms with Crippen LogP contribution in [-0.2, 0) is 6.54 Å².